The zero-order valence-electron chi connectivity index (χ0n) is 9.26. The summed E-state index contributed by atoms with van der Waals surface area (Å²) in [6.07, 6.45) is 1.44. The number of carbonyl (C=O) groups excluding carboxylic acids is 1. The lowest BCUT2D eigenvalue weighted by Gasteiger charge is -1.96. The fourth-order valence-corrected chi connectivity index (χ4v) is 1.86. The normalized spacial score (nSPS) is 10.7. The van der Waals surface area contributed by atoms with Gasteiger partial charge in [-0.05, 0) is 24.3 Å². The number of para-hydroxylation sites is 1. The summed E-state index contributed by atoms with van der Waals surface area (Å²) in [4.78, 5) is 16.0. The lowest BCUT2D eigenvalue weighted by atomic mass is 10.1. The molecule has 4 heteroatoms. The molecule has 88 valence electrons. The molecule has 0 radical (unpaired) electrons. The highest BCUT2D eigenvalue weighted by atomic mass is 35.5. The number of rotatable bonds is 2. The van der Waals surface area contributed by atoms with Crippen LogP contribution in [0.1, 0.15) is 16.1 Å². The van der Waals surface area contributed by atoms with E-state index in [0.717, 1.165) is 5.39 Å². The van der Waals surface area contributed by atoms with Gasteiger partial charge in [0.1, 0.15) is 10.7 Å². The van der Waals surface area contributed by atoms with Crippen molar-refractivity contribution < 1.29 is 9.21 Å². The SMILES string of the molecule is O=C(c1ccc(Cl)nc1)c1cc2ccccc2o1. The van der Waals surface area contributed by atoms with Crippen LogP contribution in [0.15, 0.2) is 53.1 Å². The summed E-state index contributed by atoms with van der Waals surface area (Å²) in [5.41, 5.74) is 1.15. The smallest absolute Gasteiger partial charge is 0.229 e. The van der Waals surface area contributed by atoms with Crippen LogP contribution in [0.3, 0.4) is 0 Å². The van der Waals surface area contributed by atoms with Crippen molar-refractivity contribution in [3.63, 3.8) is 0 Å². The molecule has 3 rings (SSSR count). The van der Waals surface area contributed by atoms with Gasteiger partial charge in [0.15, 0.2) is 5.76 Å². The van der Waals surface area contributed by atoms with E-state index >= 15 is 0 Å². The minimum Gasteiger partial charge on any atom is -0.453 e. The summed E-state index contributed by atoms with van der Waals surface area (Å²) in [6.45, 7) is 0. The van der Waals surface area contributed by atoms with Crippen LogP contribution < -0.4 is 0 Å². The molecule has 0 amide bonds. The second kappa shape index (κ2) is 4.27. The van der Waals surface area contributed by atoms with Crippen LogP contribution >= 0.6 is 11.6 Å². The Morgan fingerprint density at radius 3 is 2.72 bits per heavy atom. The van der Waals surface area contributed by atoms with Crippen LogP contribution in [0.5, 0.6) is 0 Å². The van der Waals surface area contributed by atoms with E-state index in [-0.39, 0.29) is 5.78 Å². The summed E-state index contributed by atoms with van der Waals surface area (Å²) >= 11 is 5.68. The predicted octanol–water partition coefficient (Wildman–Crippen LogP) is 3.71. The minimum absolute atomic E-state index is 0.199. The summed E-state index contributed by atoms with van der Waals surface area (Å²) in [6, 6.07) is 12.4. The quantitative estimate of drug-likeness (QED) is 0.519. The van der Waals surface area contributed by atoms with E-state index in [4.69, 9.17) is 16.0 Å². The second-order valence-corrected chi connectivity index (χ2v) is 4.23. The van der Waals surface area contributed by atoms with E-state index in [1.807, 2.05) is 24.3 Å². The Morgan fingerprint density at radius 2 is 2.00 bits per heavy atom. The lowest BCUT2D eigenvalue weighted by Crippen LogP contribution is -1.99. The zero-order valence-corrected chi connectivity index (χ0v) is 10.0. The number of halogens is 1. The molecule has 0 aliphatic carbocycles. The average molecular weight is 258 g/mol. The van der Waals surface area contributed by atoms with E-state index in [1.165, 1.54) is 6.20 Å². The Bertz CT molecular complexity index is 683. The first-order chi connectivity index (χ1) is 8.74. The van der Waals surface area contributed by atoms with E-state index < -0.39 is 0 Å². The first kappa shape index (κ1) is 11.0. The largest absolute Gasteiger partial charge is 0.453 e. The molecule has 0 spiro atoms. The van der Waals surface area contributed by atoms with Crippen molar-refractivity contribution in [2.75, 3.05) is 0 Å². The maximum Gasteiger partial charge on any atom is 0.229 e. The molecular weight excluding hydrogens is 250 g/mol. The van der Waals surface area contributed by atoms with Crippen molar-refractivity contribution in [1.29, 1.82) is 0 Å². The molecule has 0 aliphatic rings. The second-order valence-electron chi connectivity index (χ2n) is 3.85. The number of ketones is 1. The molecule has 0 bridgehead atoms. The van der Waals surface area contributed by atoms with Gasteiger partial charge >= 0.3 is 0 Å². The van der Waals surface area contributed by atoms with Crippen LogP contribution in [-0.4, -0.2) is 10.8 Å². The Hall–Kier alpha value is -2.13. The van der Waals surface area contributed by atoms with Crippen molar-refractivity contribution in [2.45, 2.75) is 0 Å². The fraction of sp³-hybridized carbons (Fsp3) is 0. The number of fused-ring (bicyclic) bond motifs is 1. The van der Waals surface area contributed by atoms with Gasteiger partial charge in [-0.25, -0.2) is 4.98 Å². The summed E-state index contributed by atoms with van der Waals surface area (Å²) in [5, 5.41) is 1.26. The third kappa shape index (κ3) is 1.89. The maximum atomic E-state index is 12.2. The van der Waals surface area contributed by atoms with Crippen LogP contribution in [-0.2, 0) is 0 Å². The van der Waals surface area contributed by atoms with Gasteiger partial charge in [-0.1, -0.05) is 29.8 Å². The monoisotopic (exact) mass is 257 g/mol. The van der Waals surface area contributed by atoms with Gasteiger partial charge in [-0.3, -0.25) is 4.79 Å². The number of hydrogen-bond donors (Lipinski definition) is 0. The van der Waals surface area contributed by atoms with Crippen LogP contribution in [0, 0.1) is 0 Å². The standard InChI is InChI=1S/C14H8ClNO2/c15-13-6-5-10(8-16-13)14(17)12-7-9-3-1-2-4-11(9)18-12/h1-8H. The fourth-order valence-electron chi connectivity index (χ4n) is 1.75. The van der Waals surface area contributed by atoms with Crippen LogP contribution in [0.2, 0.25) is 5.15 Å². The van der Waals surface area contributed by atoms with Gasteiger partial charge < -0.3 is 4.42 Å². The number of benzene rings is 1. The Morgan fingerprint density at radius 1 is 1.17 bits per heavy atom. The van der Waals surface area contributed by atoms with Gasteiger partial charge in [0.2, 0.25) is 5.78 Å². The number of carbonyl (C=O) groups is 1. The molecule has 0 saturated carbocycles. The first-order valence-electron chi connectivity index (χ1n) is 5.39. The Labute approximate surface area is 108 Å². The molecule has 2 aromatic heterocycles. The molecule has 3 aromatic rings. The molecule has 0 saturated heterocycles. The van der Waals surface area contributed by atoms with Crippen molar-refractivity contribution >= 4 is 28.4 Å². The maximum absolute atomic E-state index is 12.2. The highest BCUT2D eigenvalue weighted by Gasteiger charge is 2.14. The molecule has 0 unspecified atom stereocenters. The Kier molecular flexibility index (Phi) is 2.61. The van der Waals surface area contributed by atoms with Gasteiger partial charge in [0.05, 0.1) is 0 Å². The van der Waals surface area contributed by atoms with Gasteiger partial charge in [-0.2, -0.15) is 0 Å². The Balaban J connectivity index is 2.03. The summed E-state index contributed by atoms with van der Waals surface area (Å²) < 4.78 is 5.50. The third-order valence-corrected chi connectivity index (χ3v) is 2.86. The molecule has 18 heavy (non-hydrogen) atoms. The van der Waals surface area contributed by atoms with Gasteiger partial charge in [0, 0.05) is 17.1 Å². The number of nitrogens with zero attached hydrogens (tertiary/aromatic N) is 1. The van der Waals surface area contributed by atoms with Crippen LogP contribution in [0.4, 0.5) is 0 Å². The van der Waals surface area contributed by atoms with Gasteiger partial charge in [0.25, 0.3) is 0 Å². The van der Waals surface area contributed by atoms with E-state index in [9.17, 15) is 4.79 Å². The molecule has 0 fully saturated rings. The number of furan rings is 1. The molecule has 0 N–H and O–H groups in total. The summed E-state index contributed by atoms with van der Waals surface area (Å²) in [5.74, 6) is 0.107. The molecule has 1 aromatic carbocycles. The van der Waals surface area contributed by atoms with E-state index in [2.05, 4.69) is 4.98 Å². The average Bonchev–Trinajstić information content (AvgIpc) is 2.82. The highest BCUT2D eigenvalue weighted by molar-refractivity contribution is 6.29. The summed E-state index contributed by atoms with van der Waals surface area (Å²) in [7, 11) is 0. The number of pyridine rings is 1. The van der Waals surface area contributed by atoms with Crippen molar-refractivity contribution in [2.24, 2.45) is 0 Å². The van der Waals surface area contributed by atoms with Crippen LogP contribution in [0.25, 0.3) is 11.0 Å². The topological polar surface area (TPSA) is 43.1 Å². The molecule has 0 atom stereocenters. The molecular formula is C14H8ClNO2. The highest BCUT2D eigenvalue weighted by Crippen LogP contribution is 2.21. The first-order valence-corrected chi connectivity index (χ1v) is 5.77. The zero-order chi connectivity index (χ0) is 12.5. The van der Waals surface area contributed by atoms with Crippen molar-refractivity contribution in [1.82, 2.24) is 4.98 Å². The molecule has 3 nitrogen and oxygen atoms in total. The number of aromatic nitrogens is 1. The van der Waals surface area contributed by atoms with E-state index in [0.29, 0.717) is 22.1 Å². The van der Waals surface area contributed by atoms with E-state index in [1.54, 1.807) is 18.2 Å². The predicted molar refractivity (Wildman–Crippen MR) is 68.9 cm³/mol. The molecule has 0 aliphatic heterocycles. The van der Waals surface area contributed by atoms with Gasteiger partial charge in [-0.15, -0.1) is 0 Å². The van der Waals surface area contributed by atoms with Crippen molar-refractivity contribution in [3.05, 3.63) is 65.1 Å². The number of hydrogen-bond acceptors (Lipinski definition) is 3. The molecule has 2 heterocycles. The minimum atomic E-state index is -0.199. The lowest BCUT2D eigenvalue weighted by molar-refractivity contribution is 0.101. The third-order valence-electron chi connectivity index (χ3n) is 2.64. The van der Waals surface area contributed by atoms with Crippen molar-refractivity contribution in [3.8, 4) is 0 Å².